The van der Waals surface area contributed by atoms with Gasteiger partial charge in [0, 0.05) is 17.3 Å². The van der Waals surface area contributed by atoms with E-state index in [0.717, 1.165) is 0 Å². The molecular formula is C15H25NOS. The summed E-state index contributed by atoms with van der Waals surface area (Å²) < 4.78 is 0. The van der Waals surface area contributed by atoms with Crippen LogP contribution in [-0.2, 0) is 0 Å². The van der Waals surface area contributed by atoms with E-state index in [1.807, 2.05) is 12.3 Å². The van der Waals surface area contributed by atoms with Crippen LogP contribution in [0.15, 0.2) is 30.3 Å². The number of nitrogens with one attached hydrogen (secondary N) is 1. The highest BCUT2D eigenvalue weighted by molar-refractivity contribution is 7.99. The summed E-state index contributed by atoms with van der Waals surface area (Å²) in [6.45, 7) is 6.82. The van der Waals surface area contributed by atoms with Crippen LogP contribution in [0.25, 0.3) is 0 Å². The monoisotopic (exact) mass is 267 g/mol. The number of aliphatic hydroxyl groups excluding tert-OH is 1. The zero-order valence-corrected chi connectivity index (χ0v) is 12.6. The van der Waals surface area contributed by atoms with E-state index >= 15 is 0 Å². The van der Waals surface area contributed by atoms with Gasteiger partial charge in [0.15, 0.2) is 0 Å². The lowest BCUT2D eigenvalue weighted by Crippen LogP contribution is -2.41. The molecule has 0 saturated heterocycles. The molecule has 0 aromatic heterocycles. The van der Waals surface area contributed by atoms with Gasteiger partial charge < -0.3 is 10.4 Å². The summed E-state index contributed by atoms with van der Waals surface area (Å²) >= 11 is 1.71. The molecule has 0 aliphatic heterocycles. The Morgan fingerprint density at radius 3 is 2.22 bits per heavy atom. The molecular weight excluding hydrogens is 242 g/mol. The fraction of sp³-hybridized carbons (Fsp3) is 0.600. The normalized spacial score (nSPS) is 16.6. The van der Waals surface area contributed by atoms with E-state index in [1.165, 1.54) is 5.56 Å². The molecule has 0 bridgehead atoms. The molecule has 0 radical (unpaired) electrons. The number of hydrogen-bond acceptors (Lipinski definition) is 3. The van der Waals surface area contributed by atoms with E-state index in [9.17, 15) is 5.11 Å². The number of aliphatic hydroxyl groups is 1. The van der Waals surface area contributed by atoms with Crippen LogP contribution >= 0.6 is 11.8 Å². The van der Waals surface area contributed by atoms with Crippen LogP contribution in [0.4, 0.5) is 0 Å². The second-order valence-corrected chi connectivity index (χ2v) is 6.12. The molecule has 18 heavy (non-hydrogen) atoms. The van der Waals surface area contributed by atoms with Crippen LogP contribution in [0.1, 0.15) is 32.4 Å². The lowest BCUT2D eigenvalue weighted by atomic mass is 9.95. The minimum absolute atomic E-state index is 0.217. The predicted molar refractivity (Wildman–Crippen MR) is 81.0 cm³/mol. The van der Waals surface area contributed by atoms with E-state index in [1.54, 1.807) is 11.8 Å². The Labute approximate surface area is 115 Å². The molecule has 102 valence electrons. The van der Waals surface area contributed by atoms with Gasteiger partial charge in [0.2, 0.25) is 0 Å². The summed E-state index contributed by atoms with van der Waals surface area (Å²) in [4.78, 5) is 0. The van der Waals surface area contributed by atoms with Gasteiger partial charge >= 0.3 is 0 Å². The maximum absolute atomic E-state index is 9.36. The highest BCUT2D eigenvalue weighted by atomic mass is 32.2. The van der Waals surface area contributed by atoms with Crippen molar-refractivity contribution in [2.75, 3.05) is 12.9 Å². The van der Waals surface area contributed by atoms with Gasteiger partial charge in [-0.1, -0.05) is 44.2 Å². The Kier molecular flexibility index (Phi) is 6.76. The third-order valence-electron chi connectivity index (χ3n) is 3.31. The standard InChI is InChI=1S/C15H25NOS/c1-11(2)15(13-8-6-5-7-9-13)16-12(3)14(10-17)18-4/h5-9,11-12,14-17H,10H2,1-4H3. The predicted octanol–water partition coefficient (Wildman–Crippen LogP) is 3.09. The summed E-state index contributed by atoms with van der Waals surface area (Å²) in [5, 5.41) is 13.3. The summed E-state index contributed by atoms with van der Waals surface area (Å²) in [7, 11) is 0. The molecule has 0 aliphatic carbocycles. The first-order valence-electron chi connectivity index (χ1n) is 6.54. The molecule has 0 saturated carbocycles. The number of rotatable bonds is 7. The number of thioether (sulfide) groups is 1. The molecule has 0 amide bonds. The molecule has 2 nitrogen and oxygen atoms in total. The maximum Gasteiger partial charge on any atom is 0.0564 e. The van der Waals surface area contributed by atoms with E-state index in [4.69, 9.17) is 0 Å². The molecule has 0 fully saturated rings. The first-order valence-corrected chi connectivity index (χ1v) is 7.83. The lowest BCUT2D eigenvalue weighted by molar-refractivity contribution is 0.262. The fourth-order valence-corrected chi connectivity index (χ4v) is 2.80. The Morgan fingerprint density at radius 1 is 1.17 bits per heavy atom. The van der Waals surface area contributed by atoms with E-state index in [0.29, 0.717) is 12.0 Å². The average Bonchev–Trinajstić information content (AvgIpc) is 2.38. The third kappa shape index (κ3) is 4.30. The fourth-order valence-electron chi connectivity index (χ4n) is 2.16. The van der Waals surface area contributed by atoms with E-state index in [-0.39, 0.29) is 17.9 Å². The molecule has 0 heterocycles. The first-order chi connectivity index (χ1) is 8.60. The minimum atomic E-state index is 0.217. The van der Waals surface area contributed by atoms with Crippen molar-refractivity contribution in [3.63, 3.8) is 0 Å². The molecule has 1 aromatic carbocycles. The highest BCUT2D eigenvalue weighted by Gasteiger charge is 2.22. The van der Waals surface area contributed by atoms with Crippen molar-refractivity contribution in [3.05, 3.63) is 35.9 Å². The summed E-state index contributed by atoms with van der Waals surface area (Å²) in [6, 6.07) is 11.2. The average molecular weight is 267 g/mol. The van der Waals surface area contributed by atoms with Crippen molar-refractivity contribution in [1.29, 1.82) is 0 Å². The molecule has 3 atom stereocenters. The van der Waals surface area contributed by atoms with Crippen molar-refractivity contribution in [2.24, 2.45) is 5.92 Å². The van der Waals surface area contributed by atoms with Gasteiger partial charge in [-0.2, -0.15) is 11.8 Å². The van der Waals surface area contributed by atoms with Crippen molar-refractivity contribution >= 4 is 11.8 Å². The topological polar surface area (TPSA) is 32.3 Å². The van der Waals surface area contributed by atoms with Gasteiger partial charge in [-0.3, -0.25) is 0 Å². The van der Waals surface area contributed by atoms with Crippen molar-refractivity contribution in [1.82, 2.24) is 5.32 Å². The second-order valence-electron chi connectivity index (χ2n) is 5.04. The Hall–Kier alpha value is -0.510. The molecule has 0 spiro atoms. The number of benzene rings is 1. The van der Waals surface area contributed by atoms with Crippen molar-refractivity contribution in [2.45, 2.75) is 38.1 Å². The highest BCUT2D eigenvalue weighted by Crippen LogP contribution is 2.23. The lowest BCUT2D eigenvalue weighted by Gasteiger charge is -2.30. The van der Waals surface area contributed by atoms with Gasteiger partial charge in [0.1, 0.15) is 0 Å². The molecule has 0 aliphatic rings. The van der Waals surface area contributed by atoms with Crippen molar-refractivity contribution < 1.29 is 5.11 Å². The molecule has 1 aromatic rings. The Bertz CT molecular complexity index is 325. The second kappa shape index (κ2) is 7.82. The van der Waals surface area contributed by atoms with Crippen LogP contribution < -0.4 is 5.32 Å². The van der Waals surface area contributed by atoms with Gasteiger partial charge in [-0.25, -0.2) is 0 Å². The van der Waals surface area contributed by atoms with Crippen LogP contribution in [0.3, 0.4) is 0 Å². The molecule has 3 heteroatoms. The van der Waals surface area contributed by atoms with E-state index < -0.39 is 0 Å². The summed E-state index contributed by atoms with van der Waals surface area (Å²) in [6.07, 6.45) is 2.05. The van der Waals surface area contributed by atoms with Gasteiger partial charge in [-0.15, -0.1) is 0 Å². The van der Waals surface area contributed by atoms with Gasteiger partial charge in [-0.05, 0) is 24.7 Å². The Morgan fingerprint density at radius 2 is 1.78 bits per heavy atom. The van der Waals surface area contributed by atoms with E-state index in [2.05, 4.69) is 50.4 Å². The smallest absolute Gasteiger partial charge is 0.0564 e. The molecule has 3 unspecified atom stereocenters. The first kappa shape index (κ1) is 15.5. The zero-order chi connectivity index (χ0) is 13.5. The largest absolute Gasteiger partial charge is 0.395 e. The summed E-state index contributed by atoms with van der Waals surface area (Å²) in [5.41, 5.74) is 1.32. The summed E-state index contributed by atoms with van der Waals surface area (Å²) in [5.74, 6) is 0.524. The Balaban J connectivity index is 2.76. The van der Waals surface area contributed by atoms with Crippen LogP contribution in [0.5, 0.6) is 0 Å². The minimum Gasteiger partial charge on any atom is -0.395 e. The quantitative estimate of drug-likeness (QED) is 0.796. The van der Waals surface area contributed by atoms with Crippen LogP contribution in [0.2, 0.25) is 0 Å². The SMILES string of the molecule is CSC(CO)C(C)NC(c1ccccc1)C(C)C. The van der Waals surface area contributed by atoms with Gasteiger partial charge in [0.05, 0.1) is 6.61 Å². The van der Waals surface area contributed by atoms with Crippen LogP contribution in [0, 0.1) is 5.92 Å². The van der Waals surface area contributed by atoms with Gasteiger partial charge in [0.25, 0.3) is 0 Å². The zero-order valence-electron chi connectivity index (χ0n) is 11.8. The third-order valence-corrected chi connectivity index (χ3v) is 4.47. The molecule has 1 rings (SSSR count). The van der Waals surface area contributed by atoms with Crippen LogP contribution in [-0.4, -0.2) is 29.3 Å². The molecule has 2 N–H and O–H groups in total. The number of hydrogen-bond donors (Lipinski definition) is 2. The maximum atomic E-state index is 9.36. The van der Waals surface area contributed by atoms with Crippen molar-refractivity contribution in [3.8, 4) is 0 Å².